The number of carbonyl (C=O) groups excluding carboxylic acids is 2. The number of benzene rings is 1. The fraction of sp³-hybridized carbons (Fsp3) is 0.529. The second kappa shape index (κ2) is 8.90. The van der Waals surface area contributed by atoms with Gasteiger partial charge < -0.3 is 15.1 Å². The molecule has 0 atom stereocenters. The van der Waals surface area contributed by atoms with Crippen LogP contribution in [0.5, 0.6) is 0 Å². The summed E-state index contributed by atoms with van der Waals surface area (Å²) in [6, 6.07) is 3.17. The summed E-state index contributed by atoms with van der Waals surface area (Å²) in [6.45, 7) is 2.82. The van der Waals surface area contributed by atoms with Gasteiger partial charge in [0.15, 0.2) is 0 Å². The second-order valence-corrected chi connectivity index (χ2v) is 7.00. The number of carbonyl (C=O) groups is 2. The third kappa shape index (κ3) is 6.37. The molecule has 0 spiro atoms. The lowest BCUT2D eigenvalue weighted by atomic mass is 10.2. The van der Waals surface area contributed by atoms with E-state index in [1.54, 1.807) is 11.9 Å². The number of hydrogen-bond acceptors (Lipinski definition) is 4. The maximum atomic E-state index is 12.9. The van der Waals surface area contributed by atoms with Crippen LogP contribution in [-0.4, -0.2) is 79.9 Å². The Labute approximate surface area is 160 Å². The van der Waals surface area contributed by atoms with Crippen molar-refractivity contribution in [1.29, 1.82) is 0 Å². The Morgan fingerprint density at radius 2 is 1.81 bits per heavy atom. The van der Waals surface area contributed by atoms with Gasteiger partial charge in [0.05, 0.1) is 23.7 Å². The van der Waals surface area contributed by atoms with Crippen molar-refractivity contribution in [2.45, 2.75) is 6.18 Å². The molecule has 0 aromatic heterocycles. The third-order valence-electron chi connectivity index (χ3n) is 4.23. The van der Waals surface area contributed by atoms with Crippen LogP contribution in [-0.2, 0) is 15.8 Å². The second-order valence-electron chi connectivity index (χ2n) is 6.60. The summed E-state index contributed by atoms with van der Waals surface area (Å²) in [5.41, 5.74) is -1.02. The van der Waals surface area contributed by atoms with Crippen molar-refractivity contribution < 1.29 is 22.8 Å². The van der Waals surface area contributed by atoms with Crippen molar-refractivity contribution >= 4 is 29.1 Å². The van der Waals surface area contributed by atoms with Crippen molar-refractivity contribution in [3.05, 3.63) is 28.8 Å². The molecule has 1 heterocycles. The molecule has 0 radical (unpaired) electrons. The lowest BCUT2D eigenvalue weighted by Crippen LogP contribution is -2.50. The van der Waals surface area contributed by atoms with Crippen molar-refractivity contribution in [1.82, 2.24) is 14.7 Å². The predicted octanol–water partition coefficient (Wildman–Crippen LogP) is 2.00. The average molecular weight is 407 g/mol. The molecule has 0 unspecified atom stereocenters. The Bertz CT molecular complexity index is 691. The van der Waals surface area contributed by atoms with Gasteiger partial charge in [-0.15, -0.1) is 0 Å². The summed E-state index contributed by atoms with van der Waals surface area (Å²) in [4.78, 5) is 29.7. The predicted molar refractivity (Wildman–Crippen MR) is 96.7 cm³/mol. The normalized spacial score (nSPS) is 15.9. The Morgan fingerprint density at radius 3 is 2.41 bits per heavy atom. The van der Waals surface area contributed by atoms with Gasteiger partial charge in [-0.1, -0.05) is 11.6 Å². The Morgan fingerprint density at radius 1 is 1.19 bits per heavy atom. The van der Waals surface area contributed by atoms with Crippen LogP contribution in [0.4, 0.5) is 18.9 Å². The zero-order chi connectivity index (χ0) is 20.2. The van der Waals surface area contributed by atoms with Gasteiger partial charge in [0, 0.05) is 31.9 Å². The highest BCUT2D eigenvalue weighted by Gasteiger charge is 2.33. The van der Waals surface area contributed by atoms with E-state index in [-0.39, 0.29) is 24.7 Å². The monoisotopic (exact) mass is 406 g/mol. The molecule has 1 aliphatic heterocycles. The Balaban J connectivity index is 1.87. The van der Waals surface area contributed by atoms with Crippen LogP contribution < -0.4 is 5.32 Å². The topological polar surface area (TPSA) is 55.9 Å². The van der Waals surface area contributed by atoms with E-state index in [0.29, 0.717) is 13.1 Å². The van der Waals surface area contributed by atoms with Gasteiger partial charge in [-0.3, -0.25) is 14.5 Å². The molecule has 0 aliphatic carbocycles. The zero-order valence-electron chi connectivity index (χ0n) is 15.1. The number of hydrogen-bond donors (Lipinski definition) is 1. The van der Waals surface area contributed by atoms with E-state index in [1.807, 2.05) is 7.05 Å². The molecule has 1 saturated heterocycles. The molecule has 27 heavy (non-hydrogen) atoms. The van der Waals surface area contributed by atoms with Crippen LogP contribution >= 0.6 is 11.6 Å². The summed E-state index contributed by atoms with van der Waals surface area (Å²) in [5.74, 6) is -0.594. The summed E-state index contributed by atoms with van der Waals surface area (Å²) < 4.78 is 38.6. The van der Waals surface area contributed by atoms with Crippen LogP contribution in [0.25, 0.3) is 0 Å². The molecule has 1 aromatic rings. The first-order valence-corrected chi connectivity index (χ1v) is 8.75. The van der Waals surface area contributed by atoms with Gasteiger partial charge in [0.1, 0.15) is 0 Å². The SMILES string of the molecule is CN1CCN(C(=O)CN(C)CC(=O)Nc2ccc(Cl)c(C(F)(F)F)c2)CC1. The highest BCUT2D eigenvalue weighted by atomic mass is 35.5. The highest BCUT2D eigenvalue weighted by molar-refractivity contribution is 6.31. The molecule has 1 aromatic carbocycles. The molecule has 0 saturated carbocycles. The van der Waals surface area contributed by atoms with Crippen LogP contribution in [0.1, 0.15) is 5.56 Å². The molecule has 10 heteroatoms. The maximum Gasteiger partial charge on any atom is 0.417 e. The number of likely N-dealkylation sites (N-methyl/N-ethyl adjacent to an activating group) is 2. The first kappa shape index (κ1) is 21.5. The van der Waals surface area contributed by atoms with Gasteiger partial charge >= 0.3 is 6.18 Å². The van der Waals surface area contributed by atoms with Gasteiger partial charge in [-0.25, -0.2) is 0 Å². The standard InChI is InChI=1S/C17H22ClF3N4O2/c1-23-5-7-25(8-6-23)16(27)11-24(2)10-15(26)22-12-3-4-14(18)13(9-12)17(19,20)21/h3-4,9H,5-8,10-11H2,1-2H3,(H,22,26). The van der Waals surface area contributed by atoms with Crippen LogP contribution in [0.15, 0.2) is 18.2 Å². The fourth-order valence-corrected chi connectivity index (χ4v) is 2.93. The van der Waals surface area contributed by atoms with Crippen molar-refractivity contribution in [3.63, 3.8) is 0 Å². The smallest absolute Gasteiger partial charge is 0.339 e. The number of anilines is 1. The third-order valence-corrected chi connectivity index (χ3v) is 4.56. The minimum absolute atomic E-state index is 0.00415. The fourth-order valence-electron chi connectivity index (χ4n) is 2.71. The first-order chi connectivity index (χ1) is 12.6. The van der Waals surface area contributed by atoms with E-state index < -0.39 is 22.7 Å². The molecular formula is C17H22ClF3N4O2. The van der Waals surface area contributed by atoms with E-state index in [0.717, 1.165) is 25.2 Å². The number of alkyl halides is 3. The van der Waals surface area contributed by atoms with Crippen molar-refractivity contribution in [2.75, 3.05) is 58.7 Å². The van der Waals surface area contributed by atoms with E-state index >= 15 is 0 Å². The molecule has 1 aliphatic rings. The van der Waals surface area contributed by atoms with Gasteiger partial charge in [0.2, 0.25) is 11.8 Å². The summed E-state index contributed by atoms with van der Waals surface area (Å²) >= 11 is 5.56. The number of rotatable bonds is 5. The lowest BCUT2D eigenvalue weighted by molar-refractivity contribution is -0.137. The molecule has 6 nitrogen and oxygen atoms in total. The highest BCUT2D eigenvalue weighted by Crippen LogP contribution is 2.36. The number of piperazine rings is 1. The largest absolute Gasteiger partial charge is 0.417 e. The lowest BCUT2D eigenvalue weighted by Gasteiger charge is -2.33. The molecule has 2 amide bonds. The van der Waals surface area contributed by atoms with Gasteiger partial charge in [-0.05, 0) is 32.3 Å². The van der Waals surface area contributed by atoms with E-state index in [1.165, 1.54) is 11.0 Å². The van der Waals surface area contributed by atoms with Crippen LogP contribution in [0.2, 0.25) is 5.02 Å². The van der Waals surface area contributed by atoms with Gasteiger partial charge in [-0.2, -0.15) is 13.2 Å². The Hall–Kier alpha value is -1.84. The minimum atomic E-state index is -4.61. The van der Waals surface area contributed by atoms with Crippen molar-refractivity contribution in [2.24, 2.45) is 0 Å². The zero-order valence-corrected chi connectivity index (χ0v) is 15.9. The van der Waals surface area contributed by atoms with Crippen LogP contribution in [0.3, 0.4) is 0 Å². The average Bonchev–Trinajstić information content (AvgIpc) is 2.55. The van der Waals surface area contributed by atoms with Gasteiger partial charge in [0.25, 0.3) is 0 Å². The number of nitrogens with one attached hydrogen (secondary N) is 1. The van der Waals surface area contributed by atoms with Crippen LogP contribution in [0, 0.1) is 0 Å². The number of amides is 2. The summed E-state index contributed by atoms with van der Waals surface area (Å²) in [7, 11) is 3.59. The van der Waals surface area contributed by atoms with E-state index in [4.69, 9.17) is 11.6 Å². The molecule has 2 rings (SSSR count). The molecule has 1 N–H and O–H groups in total. The Kier molecular flexibility index (Phi) is 7.07. The molecule has 150 valence electrons. The molecular weight excluding hydrogens is 385 g/mol. The number of nitrogens with zero attached hydrogens (tertiary/aromatic N) is 3. The van der Waals surface area contributed by atoms with E-state index in [2.05, 4.69) is 10.2 Å². The maximum absolute atomic E-state index is 12.9. The van der Waals surface area contributed by atoms with E-state index in [9.17, 15) is 22.8 Å². The summed E-state index contributed by atoms with van der Waals surface area (Å²) in [6.07, 6.45) is -4.61. The molecule has 1 fully saturated rings. The quantitative estimate of drug-likeness (QED) is 0.812. The minimum Gasteiger partial charge on any atom is -0.339 e. The molecule has 0 bridgehead atoms. The number of halogens is 4. The first-order valence-electron chi connectivity index (χ1n) is 8.37. The summed E-state index contributed by atoms with van der Waals surface area (Å²) in [5, 5.41) is 1.97. The van der Waals surface area contributed by atoms with Crippen molar-refractivity contribution in [3.8, 4) is 0 Å².